The van der Waals surface area contributed by atoms with Crippen molar-refractivity contribution in [1.82, 2.24) is 4.31 Å². The molecule has 0 amide bonds. The third-order valence-corrected chi connectivity index (χ3v) is 6.82. The van der Waals surface area contributed by atoms with Gasteiger partial charge in [-0.1, -0.05) is 24.3 Å². The van der Waals surface area contributed by atoms with Crippen molar-refractivity contribution in [1.29, 1.82) is 0 Å². The Kier molecular flexibility index (Phi) is 4.03. The fraction of sp³-hybridized carbons (Fsp3) is 0.529. The summed E-state index contributed by atoms with van der Waals surface area (Å²) in [6, 6.07) is 7.98. The normalized spacial score (nSPS) is 25.8. The first-order valence-corrected chi connectivity index (χ1v) is 9.40. The van der Waals surface area contributed by atoms with E-state index in [2.05, 4.69) is 12.2 Å². The van der Waals surface area contributed by atoms with Gasteiger partial charge in [0.15, 0.2) is 0 Å². The van der Waals surface area contributed by atoms with Gasteiger partial charge < -0.3 is 4.74 Å². The molecule has 0 aromatic heterocycles. The highest BCUT2D eigenvalue weighted by atomic mass is 32.2. The third-order valence-electron chi connectivity index (χ3n) is 4.55. The van der Waals surface area contributed by atoms with E-state index in [1.807, 2.05) is 24.3 Å². The van der Waals surface area contributed by atoms with E-state index in [0.29, 0.717) is 19.5 Å². The first-order chi connectivity index (χ1) is 10.4. The fourth-order valence-corrected chi connectivity index (χ4v) is 4.46. The van der Waals surface area contributed by atoms with E-state index >= 15 is 0 Å². The lowest BCUT2D eigenvalue weighted by Crippen LogP contribution is -2.40. The van der Waals surface area contributed by atoms with E-state index in [1.54, 1.807) is 18.2 Å². The van der Waals surface area contributed by atoms with Crippen molar-refractivity contribution in [3.8, 4) is 5.75 Å². The summed E-state index contributed by atoms with van der Waals surface area (Å²) < 4.78 is 32.6. The maximum absolute atomic E-state index is 12.4. The third kappa shape index (κ3) is 2.79. The number of rotatable bonds is 2. The molecule has 2 aliphatic heterocycles. The predicted molar refractivity (Wildman–Crippen MR) is 88.3 cm³/mol. The Balaban J connectivity index is 1.80. The molecule has 1 fully saturated rings. The van der Waals surface area contributed by atoms with Crippen molar-refractivity contribution >= 4 is 16.1 Å². The highest BCUT2D eigenvalue weighted by Crippen LogP contribution is 2.37. The smallest absolute Gasteiger partial charge is 0.216 e. The van der Waals surface area contributed by atoms with Crippen LogP contribution in [0.5, 0.6) is 5.75 Å². The van der Waals surface area contributed by atoms with Gasteiger partial charge in [0.25, 0.3) is 0 Å². The maximum Gasteiger partial charge on any atom is 0.216 e. The molecular weight excluding hydrogens is 298 g/mol. The second-order valence-corrected chi connectivity index (χ2v) is 8.87. The van der Waals surface area contributed by atoms with Crippen molar-refractivity contribution in [3.63, 3.8) is 0 Å². The number of benzene rings is 1. The second-order valence-electron chi connectivity index (χ2n) is 6.38. The topological polar surface area (TPSA) is 46.6 Å². The highest BCUT2D eigenvalue weighted by molar-refractivity contribution is 7.89. The zero-order chi connectivity index (χ0) is 15.8. The monoisotopic (exact) mass is 321 g/mol. The van der Waals surface area contributed by atoms with Gasteiger partial charge >= 0.3 is 0 Å². The summed E-state index contributed by atoms with van der Waals surface area (Å²) in [5.74, 6) is 0.894. The largest absolute Gasteiger partial charge is 0.483 e. The van der Waals surface area contributed by atoms with Crippen molar-refractivity contribution in [2.75, 3.05) is 13.1 Å². The number of nitrogens with zero attached hydrogens (tertiary/aromatic N) is 1. The molecule has 4 nitrogen and oxygen atoms in total. The number of ether oxygens (including phenoxy) is 1. The van der Waals surface area contributed by atoms with Gasteiger partial charge in [0.05, 0.1) is 5.25 Å². The molecule has 0 unspecified atom stereocenters. The SMILES string of the molecule is CC(C)S(=O)(=O)N1CCC[C@]2(C=Cc3ccccc3O2)CC1. The van der Waals surface area contributed by atoms with Crippen LogP contribution in [-0.2, 0) is 10.0 Å². The summed E-state index contributed by atoms with van der Waals surface area (Å²) in [6.07, 6.45) is 6.58. The van der Waals surface area contributed by atoms with E-state index in [0.717, 1.165) is 24.2 Å². The lowest BCUT2D eigenvalue weighted by atomic mass is 9.91. The van der Waals surface area contributed by atoms with Gasteiger partial charge in [0.2, 0.25) is 10.0 Å². The summed E-state index contributed by atoms with van der Waals surface area (Å²) in [6.45, 7) is 4.58. The molecule has 5 heteroatoms. The first-order valence-electron chi connectivity index (χ1n) is 7.89. The molecule has 3 rings (SSSR count). The van der Waals surface area contributed by atoms with Gasteiger partial charge in [-0.15, -0.1) is 0 Å². The van der Waals surface area contributed by atoms with Crippen LogP contribution >= 0.6 is 0 Å². The van der Waals surface area contributed by atoms with Crippen LogP contribution in [0.4, 0.5) is 0 Å². The lowest BCUT2D eigenvalue weighted by Gasteiger charge is -2.34. The number of para-hydroxylation sites is 1. The Morgan fingerprint density at radius 1 is 1.18 bits per heavy atom. The first kappa shape index (κ1) is 15.6. The van der Waals surface area contributed by atoms with Gasteiger partial charge in [0.1, 0.15) is 11.4 Å². The molecule has 1 aromatic carbocycles. The molecule has 2 aliphatic rings. The second kappa shape index (κ2) is 5.70. The molecule has 22 heavy (non-hydrogen) atoms. The van der Waals surface area contributed by atoms with Gasteiger partial charge in [-0.3, -0.25) is 0 Å². The average Bonchev–Trinajstić information content (AvgIpc) is 2.70. The van der Waals surface area contributed by atoms with Crippen LogP contribution in [0.1, 0.15) is 38.7 Å². The van der Waals surface area contributed by atoms with E-state index < -0.39 is 10.0 Å². The van der Waals surface area contributed by atoms with Crippen molar-refractivity contribution in [2.24, 2.45) is 0 Å². The lowest BCUT2D eigenvalue weighted by molar-refractivity contribution is 0.102. The van der Waals surface area contributed by atoms with Gasteiger partial charge in [-0.2, -0.15) is 0 Å². The Morgan fingerprint density at radius 2 is 1.95 bits per heavy atom. The van der Waals surface area contributed by atoms with Crippen LogP contribution < -0.4 is 4.74 Å². The summed E-state index contributed by atoms with van der Waals surface area (Å²) in [5.41, 5.74) is 0.722. The molecule has 0 saturated carbocycles. The highest BCUT2D eigenvalue weighted by Gasteiger charge is 2.37. The maximum atomic E-state index is 12.4. The molecule has 0 N–H and O–H groups in total. The molecule has 0 bridgehead atoms. The zero-order valence-electron chi connectivity index (χ0n) is 13.2. The van der Waals surface area contributed by atoms with E-state index in [4.69, 9.17) is 4.74 Å². The van der Waals surface area contributed by atoms with Gasteiger partial charge in [0, 0.05) is 25.1 Å². The Hall–Kier alpha value is -1.33. The molecule has 0 radical (unpaired) electrons. The number of hydrogen-bond donors (Lipinski definition) is 0. The van der Waals surface area contributed by atoms with Crippen LogP contribution in [0.3, 0.4) is 0 Å². The van der Waals surface area contributed by atoms with Crippen molar-refractivity contribution in [3.05, 3.63) is 35.9 Å². The minimum atomic E-state index is -3.19. The molecule has 1 aromatic rings. The number of fused-ring (bicyclic) bond motifs is 1. The minimum Gasteiger partial charge on any atom is -0.483 e. The van der Waals surface area contributed by atoms with Crippen LogP contribution in [0, 0.1) is 0 Å². The standard InChI is InChI=1S/C17H23NO3S/c1-14(2)22(19,20)18-12-5-9-17(11-13-18)10-8-15-6-3-4-7-16(15)21-17/h3-4,6-8,10,14H,5,9,11-13H2,1-2H3/t17-/m0/s1. The summed E-state index contributed by atoms with van der Waals surface area (Å²) in [7, 11) is -3.19. The molecule has 1 spiro atoms. The van der Waals surface area contributed by atoms with Crippen molar-refractivity contribution < 1.29 is 13.2 Å². The summed E-state index contributed by atoms with van der Waals surface area (Å²) >= 11 is 0. The van der Waals surface area contributed by atoms with Crippen LogP contribution in [0.15, 0.2) is 30.3 Å². The van der Waals surface area contributed by atoms with Crippen LogP contribution in [0.25, 0.3) is 6.08 Å². The van der Waals surface area contributed by atoms with E-state index in [-0.39, 0.29) is 10.9 Å². The molecule has 1 atom stereocenters. The van der Waals surface area contributed by atoms with Crippen LogP contribution in [-0.4, -0.2) is 36.7 Å². The minimum absolute atomic E-state index is 0.365. The summed E-state index contributed by atoms with van der Waals surface area (Å²) in [5, 5.41) is -0.370. The Bertz CT molecular complexity index is 681. The molecular formula is C17H23NO3S. The van der Waals surface area contributed by atoms with Gasteiger partial charge in [-0.05, 0) is 38.8 Å². The van der Waals surface area contributed by atoms with E-state index in [9.17, 15) is 8.42 Å². The quantitative estimate of drug-likeness (QED) is 0.841. The molecule has 120 valence electrons. The average molecular weight is 321 g/mol. The van der Waals surface area contributed by atoms with E-state index in [1.165, 1.54) is 0 Å². The Labute approximate surface area is 132 Å². The summed E-state index contributed by atoms with van der Waals surface area (Å²) in [4.78, 5) is 0. The predicted octanol–water partition coefficient (Wildman–Crippen LogP) is 3.06. The van der Waals surface area contributed by atoms with Crippen LogP contribution in [0.2, 0.25) is 0 Å². The molecule has 2 heterocycles. The zero-order valence-corrected chi connectivity index (χ0v) is 14.0. The number of sulfonamides is 1. The van der Waals surface area contributed by atoms with Gasteiger partial charge in [-0.25, -0.2) is 12.7 Å². The number of hydrogen-bond acceptors (Lipinski definition) is 3. The molecule has 0 aliphatic carbocycles. The molecule has 1 saturated heterocycles. The Morgan fingerprint density at radius 3 is 2.73 bits per heavy atom. The van der Waals surface area contributed by atoms with Crippen molar-refractivity contribution in [2.45, 2.75) is 44.0 Å². The fourth-order valence-electron chi connectivity index (χ4n) is 3.13.